The lowest BCUT2D eigenvalue weighted by molar-refractivity contribution is 0.188. The fourth-order valence-corrected chi connectivity index (χ4v) is 3.74. The standard InChI is InChI=1S/C20H25N7O/c28-12-11-26-7-9-27(10-8-26)20-21-16-4-2-1-3-15(16)19(23-20)22-18-13-17(24-25-18)14-5-6-14/h1-4,13-14,28H,5-12H2,(H2,21,22,23,24,25). The summed E-state index contributed by atoms with van der Waals surface area (Å²) in [6.07, 6.45) is 2.48. The molecule has 3 heterocycles. The molecule has 2 fully saturated rings. The maximum atomic E-state index is 9.14. The lowest BCUT2D eigenvalue weighted by atomic mass is 10.2. The topological polar surface area (TPSA) is 93.2 Å². The third kappa shape index (κ3) is 3.53. The first-order chi connectivity index (χ1) is 13.8. The quantitative estimate of drug-likeness (QED) is 0.604. The molecule has 1 aliphatic heterocycles. The highest BCUT2D eigenvalue weighted by Gasteiger charge is 2.26. The molecule has 3 aromatic rings. The van der Waals surface area contributed by atoms with Crippen LogP contribution in [0.1, 0.15) is 24.5 Å². The number of para-hydroxylation sites is 1. The number of aliphatic hydroxyl groups excluding tert-OH is 1. The smallest absolute Gasteiger partial charge is 0.227 e. The van der Waals surface area contributed by atoms with Crippen molar-refractivity contribution in [2.45, 2.75) is 18.8 Å². The number of fused-ring (bicyclic) bond motifs is 1. The Balaban J connectivity index is 1.42. The molecule has 1 aliphatic carbocycles. The summed E-state index contributed by atoms with van der Waals surface area (Å²) in [5.41, 5.74) is 2.12. The van der Waals surface area contributed by atoms with Gasteiger partial charge < -0.3 is 15.3 Å². The first-order valence-corrected chi connectivity index (χ1v) is 9.97. The number of aliphatic hydroxyl groups is 1. The Labute approximate surface area is 163 Å². The second-order valence-electron chi connectivity index (χ2n) is 7.55. The number of β-amino-alcohol motifs (C(OH)–C–C–N with tert-alkyl or cyclic N) is 1. The van der Waals surface area contributed by atoms with Gasteiger partial charge in [0.15, 0.2) is 5.82 Å². The van der Waals surface area contributed by atoms with E-state index in [1.807, 2.05) is 24.3 Å². The third-order valence-electron chi connectivity index (χ3n) is 5.52. The van der Waals surface area contributed by atoms with Crippen LogP contribution < -0.4 is 10.2 Å². The van der Waals surface area contributed by atoms with E-state index in [1.165, 1.54) is 18.5 Å². The number of aromatic amines is 1. The molecule has 3 N–H and O–H groups in total. The number of H-pyrrole nitrogens is 1. The van der Waals surface area contributed by atoms with Gasteiger partial charge >= 0.3 is 0 Å². The van der Waals surface area contributed by atoms with E-state index < -0.39 is 0 Å². The first-order valence-electron chi connectivity index (χ1n) is 9.97. The minimum absolute atomic E-state index is 0.201. The van der Waals surface area contributed by atoms with Crippen LogP contribution in [-0.4, -0.2) is 69.5 Å². The zero-order valence-corrected chi connectivity index (χ0v) is 15.8. The molecule has 0 spiro atoms. The van der Waals surface area contributed by atoms with Crippen LogP contribution in [0, 0.1) is 0 Å². The van der Waals surface area contributed by atoms with Gasteiger partial charge in [-0.3, -0.25) is 10.00 Å². The monoisotopic (exact) mass is 379 g/mol. The molecule has 1 aromatic carbocycles. The van der Waals surface area contributed by atoms with Crippen LogP contribution in [0.4, 0.5) is 17.6 Å². The molecule has 1 saturated carbocycles. The van der Waals surface area contributed by atoms with Gasteiger partial charge in [-0.05, 0) is 25.0 Å². The van der Waals surface area contributed by atoms with Crippen LogP contribution in [0.25, 0.3) is 10.9 Å². The molecule has 146 valence electrons. The zero-order chi connectivity index (χ0) is 18.9. The van der Waals surface area contributed by atoms with E-state index in [4.69, 9.17) is 15.1 Å². The molecule has 28 heavy (non-hydrogen) atoms. The number of hydrogen-bond acceptors (Lipinski definition) is 7. The van der Waals surface area contributed by atoms with Crippen molar-refractivity contribution in [2.24, 2.45) is 0 Å². The minimum Gasteiger partial charge on any atom is -0.395 e. The lowest BCUT2D eigenvalue weighted by Gasteiger charge is -2.34. The predicted molar refractivity (Wildman–Crippen MR) is 109 cm³/mol. The molecule has 1 saturated heterocycles. The third-order valence-corrected chi connectivity index (χ3v) is 5.52. The Morgan fingerprint density at radius 1 is 1.11 bits per heavy atom. The van der Waals surface area contributed by atoms with E-state index in [2.05, 4.69) is 31.4 Å². The van der Waals surface area contributed by atoms with Gasteiger partial charge in [-0.2, -0.15) is 10.1 Å². The Kier molecular flexibility index (Phi) is 4.58. The Bertz CT molecular complexity index is 960. The van der Waals surface area contributed by atoms with Crippen LogP contribution >= 0.6 is 0 Å². The van der Waals surface area contributed by atoms with Crippen molar-refractivity contribution in [1.82, 2.24) is 25.1 Å². The lowest BCUT2D eigenvalue weighted by Crippen LogP contribution is -2.47. The Morgan fingerprint density at radius 2 is 1.93 bits per heavy atom. The number of piperazine rings is 1. The second kappa shape index (κ2) is 7.37. The molecule has 8 heteroatoms. The molecular weight excluding hydrogens is 354 g/mol. The number of benzene rings is 1. The maximum absolute atomic E-state index is 9.14. The number of nitrogens with zero attached hydrogens (tertiary/aromatic N) is 5. The molecular formula is C20H25N7O. The number of rotatable bonds is 6. The molecule has 0 unspecified atom stereocenters. The van der Waals surface area contributed by atoms with E-state index in [1.54, 1.807) is 0 Å². The summed E-state index contributed by atoms with van der Waals surface area (Å²) in [5, 5.41) is 21.1. The van der Waals surface area contributed by atoms with Gasteiger partial charge in [-0.25, -0.2) is 4.98 Å². The Morgan fingerprint density at radius 3 is 2.71 bits per heavy atom. The van der Waals surface area contributed by atoms with Crippen molar-refractivity contribution in [3.8, 4) is 0 Å². The number of nitrogens with one attached hydrogen (secondary N) is 2. The van der Waals surface area contributed by atoms with Gasteiger partial charge in [-0.15, -0.1) is 0 Å². The van der Waals surface area contributed by atoms with Crippen LogP contribution in [0.5, 0.6) is 0 Å². The summed E-state index contributed by atoms with van der Waals surface area (Å²) in [6.45, 7) is 4.44. The van der Waals surface area contributed by atoms with Gasteiger partial charge in [0.2, 0.25) is 5.95 Å². The van der Waals surface area contributed by atoms with Crippen molar-refractivity contribution in [1.29, 1.82) is 0 Å². The summed E-state index contributed by atoms with van der Waals surface area (Å²) in [6, 6.07) is 10.1. The normalized spacial score (nSPS) is 18.0. The van der Waals surface area contributed by atoms with E-state index in [0.29, 0.717) is 5.92 Å². The highest BCUT2D eigenvalue weighted by atomic mass is 16.3. The number of anilines is 3. The number of aromatic nitrogens is 4. The van der Waals surface area contributed by atoms with Gasteiger partial charge in [0.25, 0.3) is 0 Å². The van der Waals surface area contributed by atoms with Crippen molar-refractivity contribution >= 4 is 28.5 Å². The molecule has 0 amide bonds. The molecule has 2 aliphatic rings. The highest BCUT2D eigenvalue weighted by molar-refractivity contribution is 5.91. The maximum Gasteiger partial charge on any atom is 0.227 e. The van der Waals surface area contributed by atoms with Crippen molar-refractivity contribution in [2.75, 3.05) is 49.5 Å². The summed E-state index contributed by atoms with van der Waals surface area (Å²) < 4.78 is 0. The molecule has 8 nitrogen and oxygen atoms in total. The van der Waals surface area contributed by atoms with Gasteiger partial charge in [-0.1, -0.05) is 12.1 Å². The van der Waals surface area contributed by atoms with E-state index >= 15 is 0 Å². The second-order valence-corrected chi connectivity index (χ2v) is 7.55. The molecule has 0 atom stereocenters. The average Bonchev–Trinajstić information content (AvgIpc) is 3.48. The van der Waals surface area contributed by atoms with Crippen LogP contribution in [0.3, 0.4) is 0 Å². The van der Waals surface area contributed by atoms with E-state index in [-0.39, 0.29) is 6.61 Å². The SMILES string of the molecule is OCCN1CCN(c2nc(Nc3cc(C4CC4)[nH]n3)c3ccccc3n2)CC1. The summed E-state index contributed by atoms with van der Waals surface area (Å²) in [7, 11) is 0. The zero-order valence-electron chi connectivity index (χ0n) is 15.8. The van der Waals surface area contributed by atoms with Crippen LogP contribution in [-0.2, 0) is 0 Å². The van der Waals surface area contributed by atoms with Gasteiger partial charge in [0.05, 0.1) is 12.1 Å². The van der Waals surface area contributed by atoms with Gasteiger partial charge in [0.1, 0.15) is 5.82 Å². The van der Waals surface area contributed by atoms with Crippen LogP contribution in [0.2, 0.25) is 0 Å². The summed E-state index contributed by atoms with van der Waals surface area (Å²) >= 11 is 0. The van der Waals surface area contributed by atoms with Crippen LogP contribution in [0.15, 0.2) is 30.3 Å². The fraction of sp³-hybridized carbons (Fsp3) is 0.450. The Hall–Kier alpha value is -2.71. The molecule has 5 rings (SSSR count). The molecule has 0 bridgehead atoms. The predicted octanol–water partition coefficient (Wildman–Crippen LogP) is 2.09. The highest BCUT2D eigenvalue weighted by Crippen LogP contribution is 2.39. The summed E-state index contributed by atoms with van der Waals surface area (Å²) in [5.74, 6) is 2.95. The first kappa shape index (κ1) is 17.4. The average molecular weight is 379 g/mol. The van der Waals surface area contributed by atoms with Crippen molar-refractivity contribution in [3.05, 3.63) is 36.0 Å². The van der Waals surface area contributed by atoms with E-state index in [9.17, 15) is 0 Å². The minimum atomic E-state index is 0.201. The summed E-state index contributed by atoms with van der Waals surface area (Å²) in [4.78, 5) is 14.1. The van der Waals surface area contributed by atoms with Gasteiger partial charge in [0, 0.05) is 55.8 Å². The fourth-order valence-electron chi connectivity index (χ4n) is 3.74. The molecule has 0 radical (unpaired) electrons. The largest absolute Gasteiger partial charge is 0.395 e. The number of hydrogen-bond donors (Lipinski definition) is 3. The van der Waals surface area contributed by atoms with Crippen molar-refractivity contribution in [3.63, 3.8) is 0 Å². The van der Waals surface area contributed by atoms with E-state index in [0.717, 1.165) is 61.2 Å². The molecule has 2 aromatic heterocycles. The van der Waals surface area contributed by atoms with Crippen molar-refractivity contribution < 1.29 is 5.11 Å².